The lowest BCUT2D eigenvalue weighted by molar-refractivity contribution is 0.0930. The van der Waals surface area contributed by atoms with E-state index < -0.39 is 0 Å². The second-order valence-electron chi connectivity index (χ2n) is 5.35. The lowest BCUT2D eigenvalue weighted by Crippen LogP contribution is -2.45. The Morgan fingerprint density at radius 2 is 1.91 bits per heavy atom. The number of piperidine rings is 1. The zero-order chi connectivity index (χ0) is 14.5. The van der Waals surface area contributed by atoms with Crippen molar-refractivity contribution in [3.8, 4) is 11.1 Å². The van der Waals surface area contributed by atoms with Crippen LogP contribution in [0.1, 0.15) is 23.2 Å². The molecule has 1 aliphatic rings. The molecule has 23 heavy (non-hydrogen) atoms. The monoisotopic (exact) mass is 353 g/mol. The molecule has 1 amide bonds. The fourth-order valence-electron chi connectivity index (χ4n) is 2.60. The van der Waals surface area contributed by atoms with Crippen LogP contribution in [0.4, 0.5) is 0 Å². The summed E-state index contributed by atoms with van der Waals surface area (Å²) in [5, 5.41) is 6.37. The van der Waals surface area contributed by atoms with Crippen molar-refractivity contribution < 1.29 is 4.79 Å². The Balaban J connectivity index is 0.00000132. The second-order valence-corrected chi connectivity index (χ2v) is 5.35. The van der Waals surface area contributed by atoms with E-state index >= 15 is 0 Å². The highest BCUT2D eigenvalue weighted by Gasteiger charge is 2.16. The lowest BCUT2D eigenvalue weighted by atomic mass is 10.0. The van der Waals surface area contributed by atoms with E-state index in [9.17, 15) is 4.79 Å². The van der Waals surface area contributed by atoms with Crippen LogP contribution < -0.4 is 10.6 Å². The summed E-state index contributed by atoms with van der Waals surface area (Å²) in [7, 11) is 0. The van der Waals surface area contributed by atoms with Crippen LogP contribution in [0.25, 0.3) is 11.1 Å². The number of amides is 1. The number of carbonyl (C=O) groups is 1. The first-order valence-electron chi connectivity index (χ1n) is 7.35. The van der Waals surface area contributed by atoms with E-state index in [4.69, 9.17) is 0 Å². The zero-order valence-electron chi connectivity index (χ0n) is 12.7. The molecule has 1 unspecified atom stereocenters. The first-order valence-corrected chi connectivity index (χ1v) is 7.35. The average molecular weight is 354 g/mol. The SMILES string of the molecule is Cl.Cl.O=C(NC1CCCNC1)c1cncc(-c2ccccc2)c1. The van der Waals surface area contributed by atoms with Crippen LogP contribution in [0.3, 0.4) is 0 Å². The highest BCUT2D eigenvalue weighted by atomic mass is 35.5. The third-order valence-corrected chi connectivity index (χ3v) is 3.74. The van der Waals surface area contributed by atoms with Crippen molar-refractivity contribution in [3.63, 3.8) is 0 Å². The maximum Gasteiger partial charge on any atom is 0.253 e. The molecule has 1 fully saturated rings. The molecule has 1 aromatic heterocycles. The molecule has 3 rings (SSSR count). The number of pyridine rings is 1. The van der Waals surface area contributed by atoms with Crippen LogP contribution in [0.2, 0.25) is 0 Å². The van der Waals surface area contributed by atoms with Crippen molar-refractivity contribution in [2.45, 2.75) is 18.9 Å². The number of carbonyl (C=O) groups excluding carboxylic acids is 1. The van der Waals surface area contributed by atoms with Crippen molar-refractivity contribution in [2.75, 3.05) is 13.1 Å². The summed E-state index contributed by atoms with van der Waals surface area (Å²) in [5.41, 5.74) is 2.64. The first-order chi connectivity index (χ1) is 10.3. The second kappa shape index (κ2) is 9.50. The zero-order valence-corrected chi connectivity index (χ0v) is 14.3. The van der Waals surface area contributed by atoms with Gasteiger partial charge in [0.15, 0.2) is 0 Å². The van der Waals surface area contributed by atoms with Gasteiger partial charge >= 0.3 is 0 Å². The third-order valence-electron chi connectivity index (χ3n) is 3.74. The number of nitrogens with zero attached hydrogens (tertiary/aromatic N) is 1. The van der Waals surface area contributed by atoms with Crippen molar-refractivity contribution in [1.82, 2.24) is 15.6 Å². The van der Waals surface area contributed by atoms with Crippen LogP contribution in [-0.4, -0.2) is 30.0 Å². The summed E-state index contributed by atoms with van der Waals surface area (Å²) >= 11 is 0. The molecule has 2 aromatic rings. The minimum absolute atomic E-state index is 0. The predicted molar refractivity (Wildman–Crippen MR) is 97.5 cm³/mol. The Kier molecular flexibility index (Phi) is 8.03. The number of nitrogens with one attached hydrogen (secondary N) is 2. The van der Waals surface area contributed by atoms with E-state index in [2.05, 4.69) is 15.6 Å². The molecule has 0 aliphatic carbocycles. The number of benzene rings is 1. The van der Waals surface area contributed by atoms with Crippen LogP contribution in [0.5, 0.6) is 0 Å². The van der Waals surface area contributed by atoms with Crippen LogP contribution in [0.15, 0.2) is 48.8 Å². The van der Waals surface area contributed by atoms with Gasteiger partial charge in [-0.1, -0.05) is 30.3 Å². The van der Waals surface area contributed by atoms with Gasteiger partial charge in [-0.15, -0.1) is 24.8 Å². The molecule has 1 atom stereocenters. The van der Waals surface area contributed by atoms with E-state index in [1.54, 1.807) is 12.4 Å². The molecular weight excluding hydrogens is 333 g/mol. The maximum atomic E-state index is 12.3. The molecular formula is C17H21Cl2N3O. The van der Waals surface area contributed by atoms with Gasteiger partial charge in [0.25, 0.3) is 5.91 Å². The minimum atomic E-state index is -0.0472. The largest absolute Gasteiger partial charge is 0.348 e. The Hall–Kier alpha value is -1.62. The molecule has 124 valence electrons. The van der Waals surface area contributed by atoms with Gasteiger partial charge in [0.2, 0.25) is 0 Å². The maximum absolute atomic E-state index is 12.3. The van der Waals surface area contributed by atoms with Gasteiger partial charge in [-0.3, -0.25) is 9.78 Å². The lowest BCUT2D eigenvalue weighted by Gasteiger charge is -2.23. The molecule has 1 aliphatic heterocycles. The van der Waals surface area contributed by atoms with E-state index in [1.165, 1.54) is 0 Å². The molecule has 6 heteroatoms. The van der Waals surface area contributed by atoms with E-state index in [0.717, 1.165) is 37.1 Å². The van der Waals surface area contributed by atoms with Crippen molar-refractivity contribution in [2.24, 2.45) is 0 Å². The van der Waals surface area contributed by atoms with Gasteiger partial charge in [0.1, 0.15) is 0 Å². The van der Waals surface area contributed by atoms with Crippen molar-refractivity contribution in [3.05, 3.63) is 54.4 Å². The van der Waals surface area contributed by atoms with Gasteiger partial charge in [0.05, 0.1) is 5.56 Å². The molecule has 2 heterocycles. The summed E-state index contributed by atoms with van der Waals surface area (Å²) in [6, 6.07) is 12.1. The Morgan fingerprint density at radius 1 is 1.13 bits per heavy atom. The third kappa shape index (κ3) is 5.20. The van der Waals surface area contributed by atoms with Gasteiger partial charge in [-0.2, -0.15) is 0 Å². The molecule has 4 nitrogen and oxygen atoms in total. The molecule has 0 saturated carbocycles. The normalized spacial score (nSPS) is 16.6. The summed E-state index contributed by atoms with van der Waals surface area (Å²) in [5.74, 6) is -0.0472. The Morgan fingerprint density at radius 3 is 2.61 bits per heavy atom. The fourth-order valence-corrected chi connectivity index (χ4v) is 2.60. The smallest absolute Gasteiger partial charge is 0.253 e. The number of halogens is 2. The fraction of sp³-hybridized carbons (Fsp3) is 0.294. The van der Waals surface area contributed by atoms with Gasteiger partial charge in [-0.05, 0) is 31.0 Å². The van der Waals surface area contributed by atoms with Gasteiger partial charge in [-0.25, -0.2) is 0 Å². The number of aromatic nitrogens is 1. The molecule has 0 radical (unpaired) electrons. The molecule has 0 bridgehead atoms. The average Bonchev–Trinajstić information content (AvgIpc) is 2.57. The number of rotatable bonds is 3. The summed E-state index contributed by atoms with van der Waals surface area (Å²) in [4.78, 5) is 16.5. The van der Waals surface area contributed by atoms with E-state index in [-0.39, 0.29) is 36.8 Å². The topological polar surface area (TPSA) is 54.0 Å². The standard InChI is InChI=1S/C17H19N3O.2ClH/c21-17(20-16-7-4-8-18-12-16)15-9-14(10-19-11-15)13-5-2-1-3-6-13;;/h1-3,5-6,9-11,16,18H,4,7-8,12H2,(H,20,21);2*1H. The van der Waals surface area contributed by atoms with Crippen LogP contribution in [0, 0.1) is 0 Å². The summed E-state index contributed by atoms with van der Waals surface area (Å²) < 4.78 is 0. The van der Waals surface area contributed by atoms with Gasteiger partial charge in [0, 0.05) is 30.5 Å². The minimum Gasteiger partial charge on any atom is -0.348 e. The van der Waals surface area contributed by atoms with Crippen LogP contribution >= 0.6 is 24.8 Å². The molecule has 0 spiro atoms. The first kappa shape index (κ1) is 19.4. The van der Waals surface area contributed by atoms with Crippen LogP contribution in [-0.2, 0) is 0 Å². The summed E-state index contributed by atoms with van der Waals surface area (Å²) in [6.45, 7) is 1.88. The van der Waals surface area contributed by atoms with E-state index in [1.807, 2.05) is 36.4 Å². The molecule has 1 aromatic carbocycles. The van der Waals surface area contributed by atoms with Crippen molar-refractivity contribution in [1.29, 1.82) is 0 Å². The highest BCUT2D eigenvalue weighted by Crippen LogP contribution is 2.18. The Bertz CT molecular complexity index is 616. The highest BCUT2D eigenvalue weighted by molar-refractivity contribution is 5.95. The van der Waals surface area contributed by atoms with Gasteiger partial charge < -0.3 is 10.6 Å². The van der Waals surface area contributed by atoms with Crippen molar-refractivity contribution >= 4 is 30.7 Å². The quantitative estimate of drug-likeness (QED) is 0.891. The number of hydrogen-bond donors (Lipinski definition) is 2. The summed E-state index contributed by atoms with van der Waals surface area (Å²) in [6.07, 6.45) is 5.55. The number of hydrogen-bond acceptors (Lipinski definition) is 3. The predicted octanol–water partition coefficient (Wildman–Crippen LogP) is 3.07. The Labute approximate surface area is 148 Å². The molecule has 2 N–H and O–H groups in total. The van der Waals surface area contributed by atoms with E-state index in [0.29, 0.717) is 5.56 Å². The molecule has 1 saturated heterocycles.